The van der Waals surface area contributed by atoms with Crippen molar-refractivity contribution in [1.29, 1.82) is 0 Å². The van der Waals surface area contributed by atoms with E-state index < -0.39 is 0 Å². The van der Waals surface area contributed by atoms with Crippen molar-refractivity contribution in [2.24, 2.45) is 0 Å². The molecule has 2 saturated heterocycles. The number of nitrogens with zero attached hydrogens (tertiary/aromatic N) is 1. The molecule has 94 valence electrons. The van der Waals surface area contributed by atoms with Gasteiger partial charge in [0.15, 0.2) is 0 Å². The van der Waals surface area contributed by atoms with E-state index >= 15 is 0 Å². The lowest BCUT2D eigenvalue weighted by Crippen LogP contribution is -2.33. The zero-order valence-corrected chi connectivity index (χ0v) is 9.94. The minimum Gasteiger partial charge on any atom is -0.389 e. The third-order valence-corrected chi connectivity index (χ3v) is 3.31. The van der Waals surface area contributed by atoms with Gasteiger partial charge >= 0.3 is 0 Å². The van der Waals surface area contributed by atoms with E-state index in [-0.39, 0.29) is 12.2 Å². The smallest absolute Gasteiger partial charge is 0.0900 e. The van der Waals surface area contributed by atoms with Gasteiger partial charge < -0.3 is 19.5 Å². The van der Waals surface area contributed by atoms with Crippen LogP contribution in [0.25, 0.3) is 0 Å². The van der Waals surface area contributed by atoms with Crippen molar-refractivity contribution in [3.05, 3.63) is 0 Å². The summed E-state index contributed by atoms with van der Waals surface area (Å²) in [4.78, 5) is 2.31. The first-order chi connectivity index (χ1) is 7.84. The second kappa shape index (κ2) is 6.55. The van der Waals surface area contributed by atoms with Crippen LogP contribution in [0.15, 0.2) is 0 Å². The van der Waals surface area contributed by atoms with E-state index in [2.05, 4.69) is 4.90 Å². The number of hydrogen-bond donors (Lipinski definition) is 1. The summed E-state index contributed by atoms with van der Waals surface area (Å²) in [5.74, 6) is 0. The van der Waals surface area contributed by atoms with Crippen molar-refractivity contribution in [3.8, 4) is 0 Å². The molecule has 2 rings (SSSR count). The topological polar surface area (TPSA) is 41.9 Å². The maximum absolute atomic E-state index is 9.78. The summed E-state index contributed by atoms with van der Waals surface area (Å²) in [6, 6.07) is 0. The van der Waals surface area contributed by atoms with Gasteiger partial charge in [-0.3, -0.25) is 0 Å². The second-order valence-electron chi connectivity index (χ2n) is 4.83. The molecule has 1 N–H and O–H groups in total. The minimum absolute atomic E-state index is 0.263. The standard InChI is InChI=1S/C12H23NO3/c14-11(8-13-5-1-2-6-13)9-15-10-12-4-3-7-16-12/h11-12,14H,1-10H2. The highest BCUT2D eigenvalue weighted by molar-refractivity contribution is 4.70. The molecule has 0 saturated carbocycles. The number of hydrogen-bond acceptors (Lipinski definition) is 4. The van der Waals surface area contributed by atoms with E-state index in [1.165, 1.54) is 12.8 Å². The molecule has 0 aromatic rings. The Morgan fingerprint density at radius 2 is 2.12 bits per heavy atom. The van der Waals surface area contributed by atoms with Crippen LogP contribution < -0.4 is 0 Å². The van der Waals surface area contributed by atoms with E-state index in [9.17, 15) is 5.11 Å². The predicted octanol–water partition coefficient (Wildman–Crippen LogP) is 0.639. The minimum atomic E-state index is -0.348. The Morgan fingerprint density at radius 3 is 2.81 bits per heavy atom. The fraction of sp³-hybridized carbons (Fsp3) is 1.00. The van der Waals surface area contributed by atoms with Crippen LogP contribution in [0, 0.1) is 0 Å². The molecule has 2 heterocycles. The second-order valence-corrected chi connectivity index (χ2v) is 4.83. The number of aliphatic hydroxyl groups excluding tert-OH is 1. The Kier molecular flexibility index (Phi) is 5.03. The van der Waals surface area contributed by atoms with E-state index in [4.69, 9.17) is 9.47 Å². The van der Waals surface area contributed by atoms with Crippen molar-refractivity contribution in [3.63, 3.8) is 0 Å². The van der Waals surface area contributed by atoms with Crippen LogP contribution in [0.3, 0.4) is 0 Å². The van der Waals surface area contributed by atoms with Crippen LogP contribution in [0.1, 0.15) is 25.7 Å². The molecule has 0 spiro atoms. The molecular formula is C12H23NO3. The number of ether oxygens (including phenoxy) is 2. The van der Waals surface area contributed by atoms with Crippen molar-refractivity contribution in [2.75, 3.05) is 39.5 Å². The van der Waals surface area contributed by atoms with Crippen LogP contribution >= 0.6 is 0 Å². The zero-order chi connectivity index (χ0) is 11.2. The molecule has 0 aromatic heterocycles. The van der Waals surface area contributed by atoms with Crippen LogP contribution in [0.5, 0.6) is 0 Å². The highest BCUT2D eigenvalue weighted by Crippen LogP contribution is 2.12. The first kappa shape index (κ1) is 12.3. The van der Waals surface area contributed by atoms with Crippen molar-refractivity contribution < 1.29 is 14.6 Å². The molecule has 0 amide bonds. The quantitative estimate of drug-likeness (QED) is 0.726. The number of aliphatic hydroxyl groups is 1. The molecule has 0 radical (unpaired) electrons. The van der Waals surface area contributed by atoms with Gasteiger partial charge in [-0.2, -0.15) is 0 Å². The molecule has 4 nitrogen and oxygen atoms in total. The fourth-order valence-electron chi connectivity index (χ4n) is 2.43. The van der Waals surface area contributed by atoms with Gasteiger partial charge in [0.25, 0.3) is 0 Å². The van der Waals surface area contributed by atoms with E-state index in [1.807, 2.05) is 0 Å². The van der Waals surface area contributed by atoms with Gasteiger partial charge in [0.2, 0.25) is 0 Å². The lowest BCUT2D eigenvalue weighted by atomic mass is 10.2. The molecule has 2 fully saturated rings. The van der Waals surface area contributed by atoms with Crippen LogP contribution in [0.2, 0.25) is 0 Å². The fourth-order valence-corrected chi connectivity index (χ4v) is 2.43. The molecule has 2 aliphatic heterocycles. The lowest BCUT2D eigenvalue weighted by molar-refractivity contribution is -0.0235. The molecule has 0 aliphatic carbocycles. The number of β-amino-alcohol motifs (C(OH)–C–C–N with tert-alkyl or cyclic N) is 1. The largest absolute Gasteiger partial charge is 0.389 e. The molecule has 0 bridgehead atoms. The van der Waals surface area contributed by atoms with Gasteiger partial charge in [0, 0.05) is 13.2 Å². The normalized spacial score (nSPS) is 28.7. The maximum Gasteiger partial charge on any atom is 0.0900 e. The number of rotatable bonds is 6. The van der Waals surface area contributed by atoms with Crippen molar-refractivity contribution in [2.45, 2.75) is 37.9 Å². The summed E-state index contributed by atoms with van der Waals surface area (Å²) in [5, 5.41) is 9.78. The Labute approximate surface area is 97.5 Å². The lowest BCUT2D eigenvalue weighted by Gasteiger charge is -2.19. The number of likely N-dealkylation sites (tertiary alicyclic amines) is 1. The predicted molar refractivity (Wildman–Crippen MR) is 61.5 cm³/mol. The summed E-state index contributed by atoms with van der Waals surface area (Å²) < 4.78 is 10.9. The summed E-state index contributed by atoms with van der Waals surface area (Å²) in [6.07, 6.45) is 4.69. The van der Waals surface area contributed by atoms with Crippen LogP contribution in [-0.4, -0.2) is 61.7 Å². The Bertz CT molecular complexity index is 189. The van der Waals surface area contributed by atoms with Gasteiger partial charge in [0.1, 0.15) is 0 Å². The first-order valence-corrected chi connectivity index (χ1v) is 6.44. The molecular weight excluding hydrogens is 206 g/mol. The Hall–Kier alpha value is -0.160. The summed E-state index contributed by atoms with van der Waals surface area (Å²) in [7, 11) is 0. The Morgan fingerprint density at radius 1 is 1.31 bits per heavy atom. The van der Waals surface area contributed by atoms with E-state index in [0.29, 0.717) is 13.2 Å². The average Bonchev–Trinajstić information content (AvgIpc) is 2.90. The SMILES string of the molecule is OC(COCC1CCCO1)CN1CCCC1. The third kappa shape index (κ3) is 4.01. The molecule has 2 aliphatic rings. The molecule has 16 heavy (non-hydrogen) atoms. The monoisotopic (exact) mass is 229 g/mol. The van der Waals surface area contributed by atoms with Gasteiger partial charge in [-0.1, -0.05) is 0 Å². The van der Waals surface area contributed by atoms with Gasteiger partial charge in [-0.05, 0) is 38.8 Å². The zero-order valence-electron chi connectivity index (χ0n) is 9.94. The van der Waals surface area contributed by atoms with Crippen LogP contribution in [-0.2, 0) is 9.47 Å². The molecule has 0 aromatic carbocycles. The van der Waals surface area contributed by atoms with E-state index in [1.54, 1.807) is 0 Å². The van der Waals surface area contributed by atoms with Gasteiger partial charge in [-0.25, -0.2) is 0 Å². The van der Waals surface area contributed by atoms with E-state index in [0.717, 1.165) is 39.1 Å². The molecule has 2 unspecified atom stereocenters. The summed E-state index contributed by atoms with van der Waals surface area (Å²) in [5.41, 5.74) is 0. The highest BCUT2D eigenvalue weighted by atomic mass is 16.5. The van der Waals surface area contributed by atoms with Crippen molar-refractivity contribution in [1.82, 2.24) is 4.90 Å². The maximum atomic E-state index is 9.78. The third-order valence-electron chi connectivity index (χ3n) is 3.31. The van der Waals surface area contributed by atoms with Gasteiger partial charge in [-0.15, -0.1) is 0 Å². The van der Waals surface area contributed by atoms with Crippen molar-refractivity contribution >= 4 is 0 Å². The molecule has 4 heteroatoms. The van der Waals surface area contributed by atoms with Crippen LogP contribution in [0.4, 0.5) is 0 Å². The summed E-state index contributed by atoms with van der Waals surface area (Å²) in [6.45, 7) is 4.95. The Balaban J connectivity index is 1.51. The average molecular weight is 229 g/mol. The highest BCUT2D eigenvalue weighted by Gasteiger charge is 2.18. The first-order valence-electron chi connectivity index (χ1n) is 6.44. The van der Waals surface area contributed by atoms with Gasteiger partial charge in [0.05, 0.1) is 25.4 Å². The molecule has 2 atom stereocenters. The summed E-state index contributed by atoms with van der Waals surface area (Å²) >= 11 is 0.